The Hall–Kier alpha value is -2.39. The molecular formula is C23H23IN2O3S. The largest absolute Gasteiger partial charge is 0.322 e. The molecule has 0 radical (unpaired) electrons. The van der Waals surface area contributed by atoms with Crippen molar-refractivity contribution >= 4 is 49.9 Å². The van der Waals surface area contributed by atoms with Crippen molar-refractivity contribution in [1.29, 1.82) is 0 Å². The van der Waals surface area contributed by atoms with Crippen molar-refractivity contribution < 1.29 is 13.2 Å². The summed E-state index contributed by atoms with van der Waals surface area (Å²) in [6, 6.07) is 20.2. The third-order valence-electron chi connectivity index (χ3n) is 4.67. The number of amides is 1. The Morgan fingerprint density at radius 2 is 1.70 bits per heavy atom. The molecule has 156 valence electrons. The van der Waals surface area contributed by atoms with Gasteiger partial charge in [-0.2, -0.15) is 0 Å². The van der Waals surface area contributed by atoms with Crippen molar-refractivity contribution in [3.8, 4) is 0 Å². The molecule has 7 heteroatoms. The molecule has 30 heavy (non-hydrogen) atoms. The van der Waals surface area contributed by atoms with Crippen LogP contribution in [0.2, 0.25) is 0 Å². The fourth-order valence-electron chi connectivity index (χ4n) is 3.07. The highest BCUT2D eigenvalue weighted by atomic mass is 127. The van der Waals surface area contributed by atoms with Crippen molar-refractivity contribution in [1.82, 2.24) is 0 Å². The Bertz CT molecular complexity index is 1180. The van der Waals surface area contributed by atoms with Gasteiger partial charge in [0, 0.05) is 14.8 Å². The van der Waals surface area contributed by atoms with Crippen molar-refractivity contribution in [2.75, 3.05) is 15.9 Å². The van der Waals surface area contributed by atoms with Crippen molar-refractivity contribution in [2.24, 2.45) is 0 Å². The number of aryl methyl sites for hydroxylation is 2. The van der Waals surface area contributed by atoms with E-state index >= 15 is 0 Å². The molecule has 3 aromatic rings. The Morgan fingerprint density at radius 1 is 1.00 bits per heavy atom. The van der Waals surface area contributed by atoms with E-state index in [4.69, 9.17) is 0 Å². The molecule has 0 aliphatic rings. The second-order valence-electron chi connectivity index (χ2n) is 7.22. The van der Waals surface area contributed by atoms with Gasteiger partial charge in [0.15, 0.2) is 0 Å². The zero-order chi connectivity index (χ0) is 21.9. The van der Waals surface area contributed by atoms with Crippen LogP contribution in [-0.2, 0) is 16.6 Å². The quantitative estimate of drug-likeness (QED) is 0.447. The maximum absolute atomic E-state index is 12.6. The molecule has 3 aromatic carbocycles. The van der Waals surface area contributed by atoms with Crippen LogP contribution in [0.4, 0.5) is 11.4 Å². The van der Waals surface area contributed by atoms with Gasteiger partial charge in [-0.3, -0.25) is 9.10 Å². The number of sulfonamides is 1. The first-order valence-electron chi connectivity index (χ1n) is 9.34. The van der Waals surface area contributed by atoms with Crippen LogP contribution in [0.1, 0.15) is 27.0 Å². The van der Waals surface area contributed by atoms with E-state index < -0.39 is 10.0 Å². The second kappa shape index (κ2) is 9.18. The summed E-state index contributed by atoms with van der Waals surface area (Å²) in [6.45, 7) is 4.07. The highest BCUT2D eigenvalue weighted by molar-refractivity contribution is 14.1. The van der Waals surface area contributed by atoms with E-state index in [1.807, 2.05) is 50.2 Å². The lowest BCUT2D eigenvalue weighted by molar-refractivity contribution is 0.102. The first kappa shape index (κ1) is 22.3. The Labute approximate surface area is 191 Å². The standard InChI is InChI=1S/C23H23IN2O3S/c1-16-5-4-6-21(13-16)26(30(3,28)29)15-18-7-9-19(10-8-18)23(27)25-22-12-11-20(24)14-17(22)2/h4-14H,15H2,1-3H3,(H,25,27). The summed E-state index contributed by atoms with van der Waals surface area (Å²) in [5.41, 5.74) is 4.68. The number of nitrogens with one attached hydrogen (secondary N) is 1. The predicted octanol–water partition coefficient (Wildman–Crippen LogP) is 5.13. The van der Waals surface area contributed by atoms with Gasteiger partial charge in [-0.05, 0) is 95.6 Å². The molecule has 3 rings (SSSR count). The van der Waals surface area contributed by atoms with Gasteiger partial charge in [0.2, 0.25) is 10.0 Å². The number of anilines is 2. The maximum Gasteiger partial charge on any atom is 0.255 e. The number of nitrogens with zero attached hydrogens (tertiary/aromatic N) is 1. The lowest BCUT2D eigenvalue weighted by Crippen LogP contribution is -2.29. The molecule has 0 heterocycles. The molecule has 0 aliphatic heterocycles. The fraction of sp³-hybridized carbons (Fsp3) is 0.174. The van der Waals surface area contributed by atoms with Gasteiger partial charge in [0.05, 0.1) is 18.5 Å². The van der Waals surface area contributed by atoms with Crippen LogP contribution in [0.25, 0.3) is 0 Å². The lowest BCUT2D eigenvalue weighted by atomic mass is 10.1. The Morgan fingerprint density at radius 3 is 2.30 bits per heavy atom. The number of carbonyl (C=O) groups excluding carboxylic acids is 1. The lowest BCUT2D eigenvalue weighted by Gasteiger charge is -2.23. The van der Waals surface area contributed by atoms with E-state index in [0.29, 0.717) is 11.3 Å². The van der Waals surface area contributed by atoms with Gasteiger partial charge in [-0.1, -0.05) is 24.3 Å². The minimum Gasteiger partial charge on any atom is -0.322 e. The van der Waals surface area contributed by atoms with Crippen molar-refractivity contribution in [3.05, 3.63) is 92.6 Å². The molecule has 0 aromatic heterocycles. The predicted molar refractivity (Wildman–Crippen MR) is 130 cm³/mol. The summed E-state index contributed by atoms with van der Waals surface area (Å²) in [7, 11) is -3.45. The summed E-state index contributed by atoms with van der Waals surface area (Å²) >= 11 is 2.23. The maximum atomic E-state index is 12.6. The average Bonchev–Trinajstić information content (AvgIpc) is 2.68. The molecule has 0 fully saturated rings. The van der Waals surface area contributed by atoms with Crippen LogP contribution in [0, 0.1) is 17.4 Å². The topological polar surface area (TPSA) is 66.5 Å². The molecule has 0 saturated heterocycles. The molecular weight excluding hydrogens is 511 g/mol. The number of benzene rings is 3. The third-order valence-corrected chi connectivity index (χ3v) is 6.48. The van der Waals surface area contributed by atoms with Gasteiger partial charge in [-0.15, -0.1) is 0 Å². The minimum atomic E-state index is -3.45. The third kappa shape index (κ3) is 5.60. The Kier molecular flexibility index (Phi) is 6.82. The monoisotopic (exact) mass is 534 g/mol. The van der Waals surface area contributed by atoms with E-state index in [1.165, 1.54) is 10.6 Å². The number of carbonyl (C=O) groups is 1. The van der Waals surface area contributed by atoms with E-state index in [1.54, 1.807) is 30.3 Å². The zero-order valence-corrected chi connectivity index (χ0v) is 20.0. The van der Waals surface area contributed by atoms with E-state index in [2.05, 4.69) is 27.9 Å². The first-order chi connectivity index (χ1) is 14.1. The Balaban J connectivity index is 1.77. The highest BCUT2D eigenvalue weighted by Crippen LogP contribution is 2.22. The summed E-state index contributed by atoms with van der Waals surface area (Å²) in [6.07, 6.45) is 1.19. The number of hydrogen-bond donors (Lipinski definition) is 1. The average molecular weight is 534 g/mol. The normalized spacial score (nSPS) is 11.2. The van der Waals surface area contributed by atoms with Gasteiger partial charge in [0.25, 0.3) is 5.91 Å². The number of rotatable bonds is 6. The molecule has 0 spiro atoms. The highest BCUT2D eigenvalue weighted by Gasteiger charge is 2.18. The van der Waals surface area contributed by atoms with Crippen molar-refractivity contribution in [2.45, 2.75) is 20.4 Å². The van der Waals surface area contributed by atoms with Crippen LogP contribution in [0.5, 0.6) is 0 Å². The summed E-state index contributed by atoms with van der Waals surface area (Å²) in [5.74, 6) is -0.204. The summed E-state index contributed by atoms with van der Waals surface area (Å²) in [5, 5.41) is 2.92. The molecule has 0 bridgehead atoms. The van der Waals surface area contributed by atoms with Crippen LogP contribution >= 0.6 is 22.6 Å². The number of hydrogen-bond acceptors (Lipinski definition) is 3. The van der Waals surface area contributed by atoms with E-state index in [0.717, 1.165) is 25.9 Å². The molecule has 1 amide bonds. The second-order valence-corrected chi connectivity index (χ2v) is 10.4. The summed E-state index contributed by atoms with van der Waals surface area (Å²) in [4.78, 5) is 12.6. The molecule has 0 saturated carbocycles. The fourth-order valence-corrected chi connectivity index (χ4v) is 4.60. The smallest absolute Gasteiger partial charge is 0.255 e. The van der Waals surface area contributed by atoms with Crippen LogP contribution < -0.4 is 9.62 Å². The van der Waals surface area contributed by atoms with Crippen molar-refractivity contribution in [3.63, 3.8) is 0 Å². The molecule has 0 aliphatic carbocycles. The van der Waals surface area contributed by atoms with Crippen LogP contribution in [0.3, 0.4) is 0 Å². The minimum absolute atomic E-state index is 0.195. The van der Waals surface area contributed by atoms with Gasteiger partial charge < -0.3 is 5.32 Å². The SMILES string of the molecule is Cc1cccc(N(Cc2ccc(C(=O)Nc3ccc(I)cc3C)cc2)S(C)(=O)=O)c1. The molecule has 1 N–H and O–H groups in total. The van der Waals surface area contributed by atoms with Gasteiger partial charge >= 0.3 is 0 Å². The number of halogens is 1. The van der Waals surface area contributed by atoms with E-state index in [-0.39, 0.29) is 12.5 Å². The zero-order valence-electron chi connectivity index (χ0n) is 17.0. The molecule has 5 nitrogen and oxygen atoms in total. The summed E-state index contributed by atoms with van der Waals surface area (Å²) < 4.78 is 27.2. The molecule has 0 unspecified atom stereocenters. The van der Waals surface area contributed by atoms with Gasteiger partial charge in [-0.25, -0.2) is 8.42 Å². The van der Waals surface area contributed by atoms with Gasteiger partial charge in [0.1, 0.15) is 0 Å². The van der Waals surface area contributed by atoms with E-state index in [9.17, 15) is 13.2 Å². The molecule has 0 atom stereocenters. The van der Waals surface area contributed by atoms with Crippen LogP contribution in [-0.4, -0.2) is 20.6 Å². The van der Waals surface area contributed by atoms with Crippen LogP contribution in [0.15, 0.2) is 66.7 Å². The first-order valence-corrected chi connectivity index (χ1v) is 12.3.